The maximum atomic E-state index is 9.98. The molecule has 0 amide bonds. The minimum Gasteiger partial charge on any atom is -0.508 e. The number of halogens is 1. The van der Waals surface area contributed by atoms with E-state index in [0.717, 1.165) is 22.0 Å². The van der Waals surface area contributed by atoms with Crippen molar-refractivity contribution in [2.45, 2.75) is 13.1 Å². The molecule has 3 aromatic rings. The molecule has 0 unspecified atom stereocenters. The molecule has 3 rings (SSSR count). The first-order chi connectivity index (χ1) is 12.7. The van der Waals surface area contributed by atoms with Gasteiger partial charge >= 0.3 is 0 Å². The molecule has 0 atom stereocenters. The highest BCUT2D eigenvalue weighted by atomic mass is 127. The maximum absolute atomic E-state index is 9.98. The standard InChI is InChI=1S/C20H22N4O2.HI/c1-21-20(24-13-15-11-16(26-2)7-8-19(15)25)23-12-14-9-10-22-18-6-4-3-5-17(14)18;/h3-11,25H,12-13H2,1-2H3,(H2,21,23,24);1H. The van der Waals surface area contributed by atoms with Crippen LogP contribution in [0, 0.1) is 0 Å². The largest absolute Gasteiger partial charge is 0.508 e. The molecule has 6 nitrogen and oxygen atoms in total. The summed E-state index contributed by atoms with van der Waals surface area (Å²) < 4.78 is 5.20. The number of pyridine rings is 1. The van der Waals surface area contributed by atoms with Crippen molar-refractivity contribution in [3.05, 3.63) is 65.9 Å². The lowest BCUT2D eigenvalue weighted by Crippen LogP contribution is -2.36. The zero-order chi connectivity index (χ0) is 18.4. The molecule has 0 saturated heterocycles. The van der Waals surface area contributed by atoms with Gasteiger partial charge in [-0.05, 0) is 35.9 Å². The van der Waals surface area contributed by atoms with Crippen molar-refractivity contribution < 1.29 is 9.84 Å². The molecule has 0 aliphatic carbocycles. The Balaban J connectivity index is 0.00000261. The number of hydrogen-bond donors (Lipinski definition) is 3. The Morgan fingerprint density at radius 2 is 1.81 bits per heavy atom. The first-order valence-electron chi connectivity index (χ1n) is 8.34. The lowest BCUT2D eigenvalue weighted by molar-refractivity contribution is 0.410. The molecule has 0 aliphatic rings. The summed E-state index contributed by atoms with van der Waals surface area (Å²) >= 11 is 0. The monoisotopic (exact) mass is 478 g/mol. The van der Waals surface area contributed by atoms with Gasteiger partial charge in [-0.25, -0.2) is 0 Å². The number of aromatic hydroxyl groups is 1. The number of nitrogens with zero attached hydrogens (tertiary/aromatic N) is 2. The van der Waals surface area contributed by atoms with Gasteiger partial charge in [0.15, 0.2) is 5.96 Å². The smallest absolute Gasteiger partial charge is 0.191 e. The number of methoxy groups -OCH3 is 1. The fraction of sp³-hybridized carbons (Fsp3) is 0.200. The molecule has 0 fully saturated rings. The lowest BCUT2D eigenvalue weighted by atomic mass is 10.1. The van der Waals surface area contributed by atoms with Crippen LogP contribution in [-0.4, -0.2) is 30.2 Å². The molecular weight excluding hydrogens is 455 g/mol. The number of benzene rings is 2. The van der Waals surface area contributed by atoms with Crippen LogP contribution in [0.25, 0.3) is 10.9 Å². The lowest BCUT2D eigenvalue weighted by Gasteiger charge is -2.14. The third-order valence-electron chi connectivity index (χ3n) is 4.14. The van der Waals surface area contributed by atoms with Gasteiger partial charge in [0.05, 0.1) is 12.6 Å². The molecule has 0 saturated carbocycles. The van der Waals surface area contributed by atoms with Crippen molar-refractivity contribution in [1.29, 1.82) is 0 Å². The molecule has 0 bridgehead atoms. The van der Waals surface area contributed by atoms with Gasteiger partial charge in [0.2, 0.25) is 0 Å². The van der Waals surface area contributed by atoms with Crippen molar-refractivity contribution in [3.63, 3.8) is 0 Å². The molecule has 3 N–H and O–H groups in total. The molecule has 1 aromatic heterocycles. The third-order valence-corrected chi connectivity index (χ3v) is 4.14. The highest BCUT2D eigenvalue weighted by molar-refractivity contribution is 14.0. The number of ether oxygens (including phenoxy) is 1. The van der Waals surface area contributed by atoms with Crippen LogP contribution in [0.15, 0.2) is 59.7 Å². The molecule has 142 valence electrons. The molecule has 27 heavy (non-hydrogen) atoms. The Morgan fingerprint density at radius 3 is 2.56 bits per heavy atom. The maximum Gasteiger partial charge on any atom is 0.191 e. The predicted octanol–water partition coefficient (Wildman–Crippen LogP) is 3.43. The van der Waals surface area contributed by atoms with Crippen LogP contribution in [0.1, 0.15) is 11.1 Å². The summed E-state index contributed by atoms with van der Waals surface area (Å²) in [5, 5.41) is 17.6. The molecule has 0 aliphatic heterocycles. The van der Waals surface area contributed by atoms with Crippen LogP contribution in [0.5, 0.6) is 11.5 Å². The molecule has 1 heterocycles. The molecule has 2 aromatic carbocycles. The second-order valence-corrected chi connectivity index (χ2v) is 5.76. The van der Waals surface area contributed by atoms with Crippen LogP contribution in [-0.2, 0) is 13.1 Å². The highest BCUT2D eigenvalue weighted by Gasteiger charge is 2.06. The Hall–Kier alpha value is -2.55. The van der Waals surface area contributed by atoms with Crippen molar-refractivity contribution in [2.24, 2.45) is 4.99 Å². The van der Waals surface area contributed by atoms with Crippen LogP contribution >= 0.6 is 24.0 Å². The topological polar surface area (TPSA) is 78.8 Å². The molecule has 0 spiro atoms. The van der Waals surface area contributed by atoms with Crippen molar-refractivity contribution in [2.75, 3.05) is 14.2 Å². The third kappa shape index (κ3) is 5.22. The number of rotatable bonds is 5. The van der Waals surface area contributed by atoms with Gasteiger partial charge in [-0.15, -0.1) is 24.0 Å². The summed E-state index contributed by atoms with van der Waals surface area (Å²) in [6, 6.07) is 15.2. The van der Waals surface area contributed by atoms with E-state index in [4.69, 9.17) is 4.74 Å². The fourth-order valence-electron chi connectivity index (χ4n) is 2.72. The average Bonchev–Trinajstić information content (AvgIpc) is 2.69. The van der Waals surface area contributed by atoms with E-state index in [1.807, 2.05) is 30.5 Å². The molecule has 7 heteroatoms. The number of nitrogens with one attached hydrogen (secondary N) is 2. The van der Waals surface area contributed by atoms with Crippen molar-refractivity contribution in [3.8, 4) is 11.5 Å². The van der Waals surface area contributed by atoms with Gasteiger partial charge < -0.3 is 20.5 Å². The Bertz CT molecular complexity index is 926. The quantitative estimate of drug-likeness (QED) is 0.298. The minimum atomic E-state index is 0. The summed E-state index contributed by atoms with van der Waals surface area (Å²) in [4.78, 5) is 8.61. The number of fused-ring (bicyclic) bond motifs is 1. The predicted molar refractivity (Wildman–Crippen MR) is 119 cm³/mol. The first kappa shape index (κ1) is 20.8. The van der Waals surface area contributed by atoms with E-state index in [1.165, 1.54) is 0 Å². The first-order valence-corrected chi connectivity index (χ1v) is 8.34. The van der Waals surface area contributed by atoms with Gasteiger partial charge in [0, 0.05) is 37.3 Å². The van der Waals surface area contributed by atoms with Crippen LogP contribution in [0.4, 0.5) is 0 Å². The van der Waals surface area contributed by atoms with Crippen molar-refractivity contribution in [1.82, 2.24) is 15.6 Å². The number of phenolic OH excluding ortho intramolecular Hbond substituents is 1. The number of hydrogen-bond acceptors (Lipinski definition) is 4. The molecular formula is C20H23IN4O2. The fourth-order valence-corrected chi connectivity index (χ4v) is 2.72. The number of guanidine groups is 1. The summed E-state index contributed by atoms with van der Waals surface area (Å²) in [5.74, 6) is 1.56. The van der Waals surface area contributed by atoms with E-state index in [-0.39, 0.29) is 29.7 Å². The van der Waals surface area contributed by atoms with Crippen LogP contribution in [0.3, 0.4) is 0 Å². The van der Waals surface area contributed by atoms with E-state index in [1.54, 1.807) is 32.4 Å². The van der Waals surface area contributed by atoms with Gasteiger partial charge in [-0.2, -0.15) is 0 Å². The Kier molecular flexibility index (Phi) is 7.66. The van der Waals surface area contributed by atoms with Gasteiger partial charge in [-0.3, -0.25) is 9.98 Å². The second-order valence-electron chi connectivity index (χ2n) is 5.76. The Morgan fingerprint density at radius 1 is 1.07 bits per heavy atom. The van der Waals surface area contributed by atoms with E-state index < -0.39 is 0 Å². The van der Waals surface area contributed by atoms with Gasteiger partial charge in [0.25, 0.3) is 0 Å². The second kappa shape index (κ2) is 9.96. The highest BCUT2D eigenvalue weighted by Crippen LogP contribution is 2.22. The van der Waals surface area contributed by atoms with Gasteiger partial charge in [0.1, 0.15) is 11.5 Å². The SMILES string of the molecule is CN=C(NCc1cc(OC)ccc1O)NCc1ccnc2ccccc12.I. The Labute approximate surface area is 175 Å². The van der Waals surface area contributed by atoms with E-state index in [0.29, 0.717) is 24.8 Å². The summed E-state index contributed by atoms with van der Waals surface area (Å²) in [7, 11) is 3.31. The zero-order valence-electron chi connectivity index (χ0n) is 15.3. The number of aliphatic imine (C=N–C) groups is 1. The van der Waals surface area contributed by atoms with Crippen molar-refractivity contribution >= 4 is 40.8 Å². The minimum absolute atomic E-state index is 0. The van der Waals surface area contributed by atoms with E-state index >= 15 is 0 Å². The van der Waals surface area contributed by atoms with E-state index in [2.05, 4.69) is 26.7 Å². The van der Waals surface area contributed by atoms with E-state index in [9.17, 15) is 5.11 Å². The van der Waals surface area contributed by atoms with Gasteiger partial charge in [-0.1, -0.05) is 18.2 Å². The van der Waals surface area contributed by atoms with Crippen LogP contribution < -0.4 is 15.4 Å². The summed E-state index contributed by atoms with van der Waals surface area (Å²) in [6.07, 6.45) is 1.81. The van der Waals surface area contributed by atoms with Crippen LogP contribution in [0.2, 0.25) is 0 Å². The zero-order valence-corrected chi connectivity index (χ0v) is 17.6. The normalized spacial score (nSPS) is 11.0. The summed E-state index contributed by atoms with van der Waals surface area (Å²) in [6.45, 7) is 1.05. The molecule has 0 radical (unpaired) electrons. The number of aromatic nitrogens is 1. The number of phenols is 1. The number of para-hydroxylation sites is 1. The summed E-state index contributed by atoms with van der Waals surface area (Å²) in [5.41, 5.74) is 2.85. The average molecular weight is 478 g/mol.